The molecule has 27 heavy (non-hydrogen) atoms. The Morgan fingerprint density at radius 2 is 1.59 bits per heavy atom. The second kappa shape index (κ2) is 7.54. The number of anilines is 1. The molecule has 0 atom stereocenters. The summed E-state index contributed by atoms with van der Waals surface area (Å²) in [6.45, 7) is 3.85. The Morgan fingerprint density at radius 3 is 2.19 bits per heavy atom. The van der Waals surface area contributed by atoms with E-state index in [1.165, 1.54) is 22.5 Å². The minimum atomic E-state index is -3.79. The number of hydrogen-bond acceptors (Lipinski definition) is 5. The molecule has 0 bridgehead atoms. The van der Waals surface area contributed by atoms with Crippen LogP contribution in [0.1, 0.15) is 5.56 Å². The third kappa shape index (κ3) is 4.37. The molecule has 0 unspecified atom stereocenters. The van der Waals surface area contributed by atoms with E-state index >= 15 is 0 Å². The number of aryl methyl sites for hydroxylation is 1. The lowest BCUT2D eigenvalue weighted by Crippen LogP contribution is -2.48. The largest absolute Gasteiger partial charge is 0.369 e. The number of rotatable bonds is 4. The van der Waals surface area contributed by atoms with E-state index in [9.17, 15) is 16.8 Å². The van der Waals surface area contributed by atoms with Crippen LogP contribution < -0.4 is 4.90 Å². The van der Waals surface area contributed by atoms with Crippen molar-refractivity contribution in [2.75, 3.05) is 37.3 Å². The van der Waals surface area contributed by atoms with Gasteiger partial charge in [-0.2, -0.15) is 4.31 Å². The fourth-order valence-electron chi connectivity index (χ4n) is 3.06. The zero-order valence-corrected chi connectivity index (χ0v) is 18.3. The average Bonchev–Trinajstić information content (AvgIpc) is 2.61. The maximum atomic E-state index is 13.1. The van der Waals surface area contributed by atoms with Crippen molar-refractivity contribution >= 4 is 41.5 Å². The van der Waals surface area contributed by atoms with Gasteiger partial charge >= 0.3 is 0 Å². The van der Waals surface area contributed by atoms with E-state index in [0.29, 0.717) is 30.7 Å². The van der Waals surface area contributed by atoms with Gasteiger partial charge in [0, 0.05) is 42.6 Å². The molecule has 1 fully saturated rings. The van der Waals surface area contributed by atoms with Gasteiger partial charge in [0.05, 0.1) is 9.79 Å². The normalized spacial score (nSPS) is 16.5. The van der Waals surface area contributed by atoms with E-state index in [0.717, 1.165) is 17.5 Å². The number of benzene rings is 2. The smallest absolute Gasteiger partial charge is 0.244 e. The van der Waals surface area contributed by atoms with Crippen molar-refractivity contribution in [3.8, 4) is 0 Å². The predicted molar refractivity (Wildman–Crippen MR) is 109 cm³/mol. The minimum absolute atomic E-state index is 0.0114. The molecule has 0 radical (unpaired) electrons. The molecule has 1 aliphatic heterocycles. The molecule has 1 heterocycles. The molecule has 9 heteroatoms. The Labute approximate surface area is 168 Å². The van der Waals surface area contributed by atoms with E-state index in [2.05, 4.69) is 26.9 Å². The van der Waals surface area contributed by atoms with Crippen molar-refractivity contribution in [3.63, 3.8) is 0 Å². The van der Waals surface area contributed by atoms with Crippen LogP contribution in [-0.2, 0) is 19.9 Å². The van der Waals surface area contributed by atoms with E-state index in [1.54, 1.807) is 0 Å². The van der Waals surface area contributed by atoms with Crippen molar-refractivity contribution in [2.45, 2.75) is 16.7 Å². The molecule has 1 aliphatic rings. The summed E-state index contributed by atoms with van der Waals surface area (Å²) in [5, 5.41) is 0. The zero-order valence-electron chi connectivity index (χ0n) is 15.1. The maximum Gasteiger partial charge on any atom is 0.244 e. The van der Waals surface area contributed by atoms with Crippen LogP contribution in [0.5, 0.6) is 0 Å². The molecular weight excluding hydrogens is 452 g/mol. The summed E-state index contributed by atoms with van der Waals surface area (Å²) in [7, 11) is -7.29. The zero-order chi connectivity index (χ0) is 19.8. The van der Waals surface area contributed by atoms with Gasteiger partial charge in [-0.3, -0.25) is 0 Å². The van der Waals surface area contributed by atoms with Crippen LogP contribution in [0.4, 0.5) is 5.69 Å². The van der Waals surface area contributed by atoms with E-state index in [-0.39, 0.29) is 9.79 Å². The summed E-state index contributed by atoms with van der Waals surface area (Å²) in [6.07, 6.45) is 1.06. The van der Waals surface area contributed by atoms with E-state index in [1.807, 2.05) is 25.1 Å². The highest BCUT2D eigenvalue weighted by molar-refractivity contribution is 9.10. The first-order chi connectivity index (χ1) is 12.6. The second-order valence-corrected chi connectivity index (χ2v) is 11.4. The third-order valence-corrected chi connectivity index (χ3v) is 8.56. The molecule has 2 aromatic rings. The summed E-state index contributed by atoms with van der Waals surface area (Å²) in [5.74, 6) is 0. The first-order valence-corrected chi connectivity index (χ1v) is 12.5. The lowest BCUT2D eigenvalue weighted by atomic mass is 10.2. The Bertz CT molecular complexity index is 1060. The molecule has 146 valence electrons. The SMILES string of the molecule is Cc1cccc(N2CCN(S(=O)(=O)c3cc(S(C)(=O)=O)ccc3Br)CC2)c1. The van der Waals surface area contributed by atoms with Crippen molar-refractivity contribution in [1.29, 1.82) is 0 Å². The summed E-state index contributed by atoms with van der Waals surface area (Å²) in [6, 6.07) is 12.2. The Balaban J connectivity index is 1.83. The summed E-state index contributed by atoms with van der Waals surface area (Å²) < 4.78 is 51.5. The van der Waals surface area contributed by atoms with Crippen LogP contribution >= 0.6 is 15.9 Å². The van der Waals surface area contributed by atoms with Crippen LogP contribution in [0.3, 0.4) is 0 Å². The van der Waals surface area contributed by atoms with Crippen molar-refractivity contribution in [3.05, 3.63) is 52.5 Å². The molecular formula is C18H21BrN2O4S2. The highest BCUT2D eigenvalue weighted by Gasteiger charge is 2.31. The van der Waals surface area contributed by atoms with Crippen LogP contribution in [0, 0.1) is 6.92 Å². The number of halogens is 1. The average molecular weight is 473 g/mol. The maximum absolute atomic E-state index is 13.1. The number of sulfonamides is 1. The van der Waals surface area contributed by atoms with Crippen molar-refractivity contribution in [2.24, 2.45) is 0 Å². The highest BCUT2D eigenvalue weighted by atomic mass is 79.9. The molecule has 2 aromatic carbocycles. The fraction of sp³-hybridized carbons (Fsp3) is 0.333. The van der Waals surface area contributed by atoms with Crippen LogP contribution in [0.15, 0.2) is 56.7 Å². The molecule has 3 rings (SSSR count). The van der Waals surface area contributed by atoms with Crippen molar-refractivity contribution in [1.82, 2.24) is 4.31 Å². The minimum Gasteiger partial charge on any atom is -0.369 e. The molecule has 1 saturated heterocycles. The lowest BCUT2D eigenvalue weighted by molar-refractivity contribution is 0.384. The molecule has 0 N–H and O–H groups in total. The van der Waals surface area contributed by atoms with Gasteiger partial charge in [-0.1, -0.05) is 12.1 Å². The van der Waals surface area contributed by atoms with Gasteiger partial charge in [-0.05, 0) is 58.7 Å². The number of piperazine rings is 1. The van der Waals surface area contributed by atoms with Gasteiger partial charge in [0.15, 0.2) is 9.84 Å². The number of nitrogens with zero attached hydrogens (tertiary/aromatic N) is 2. The quantitative estimate of drug-likeness (QED) is 0.683. The number of sulfone groups is 1. The van der Waals surface area contributed by atoms with Crippen LogP contribution in [-0.4, -0.2) is 53.6 Å². The monoisotopic (exact) mass is 472 g/mol. The van der Waals surface area contributed by atoms with Crippen LogP contribution in [0.2, 0.25) is 0 Å². The van der Waals surface area contributed by atoms with Gasteiger partial charge in [0.1, 0.15) is 0 Å². The Hall–Kier alpha value is -1.42. The van der Waals surface area contributed by atoms with Gasteiger partial charge in [0.25, 0.3) is 0 Å². The Kier molecular flexibility index (Phi) is 5.67. The summed E-state index contributed by atoms with van der Waals surface area (Å²) >= 11 is 3.25. The summed E-state index contributed by atoms with van der Waals surface area (Å²) in [4.78, 5) is 2.12. The third-order valence-electron chi connectivity index (χ3n) is 4.55. The van der Waals surface area contributed by atoms with E-state index in [4.69, 9.17) is 0 Å². The first kappa shape index (κ1) is 20.3. The molecule has 0 amide bonds. The van der Waals surface area contributed by atoms with Gasteiger partial charge < -0.3 is 4.90 Å². The molecule has 0 aliphatic carbocycles. The van der Waals surface area contributed by atoms with Gasteiger partial charge in [-0.25, -0.2) is 16.8 Å². The molecule has 0 aromatic heterocycles. The second-order valence-electron chi connectivity index (χ2n) is 6.59. The Morgan fingerprint density at radius 1 is 0.926 bits per heavy atom. The molecule has 0 saturated carbocycles. The molecule has 6 nitrogen and oxygen atoms in total. The van der Waals surface area contributed by atoms with Crippen LogP contribution in [0.25, 0.3) is 0 Å². The highest BCUT2D eigenvalue weighted by Crippen LogP contribution is 2.29. The summed E-state index contributed by atoms with van der Waals surface area (Å²) in [5.41, 5.74) is 2.23. The van der Waals surface area contributed by atoms with Gasteiger partial charge in [-0.15, -0.1) is 0 Å². The number of hydrogen-bond donors (Lipinski definition) is 0. The standard InChI is InChI=1S/C18H21BrN2O4S2/c1-14-4-3-5-15(12-14)20-8-10-21(11-9-20)27(24,25)18-13-16(26(2,22)23)6-7-17(18)19/h3-7,12-13H,8-11H2,1-2H3. The topological polar surface area (TPSA) is 74.8 Å². The van der Waals surface area contributed by atoms with Crippen molar-refractivity contribution < 1.29 is 16.8 Å². The first-order valence-electron chi connectivity index (χ1n) is 8.40. The van der Waals surface area contributed by atoms with Gasteiger partial charge in [0.2, 0.25) is 10.0 Å². The lowest BCUT2D eigenvalue weighted by Gasteiger charge is -2.35. The fourth-order valence-corrected chi connectivity index (χ4v) is 6.16. The molecule has 0 spiro atoms. The van der Waals surface area contributed by atoms with E-state index < -0.39 is 19.9 Å². The predicted octanol–water partition coefficient (Wildman–Crippen LogP) is 2.67.